The van der Waals surface area contributed by atoms with Crippen molar-refractivity contribution in [3.8, 4) is 5.75 Å². The fourth-order valence-corrected chi connectivity index (χ4v) is 2.33. The molecule has 0 fully saturated rings. The molecule has 92 valence electrons. The molecule has 0 amide bonds. The summed E-state index contributed by atoms with van der Waals surface area (Å²) in [6.45, 7) is 0. The number of aliphatic hydroxyl groups excluding tert-OH is 1. The molecule has 0 aliphatic carbocycles. The van der Waals surface area contributed by atoms with Gasteiger partial charge < -0.3 is 9.29 Å². The lowest BCUT2D eigenvalue weighted by atomic mass is 10.3. The van der Waals surface area contributed by atoms with Gasteiger partial charge in [-0.15, -0.1) is 0 Å². The fourth-order valence-electron chi connectivity index (χ4n) is 1.21. The van der Waals surface area contributed by atoms with Crippen molar-refractivity contribution >= 4 is 33.8 Å². The highest BCUT2D eigenvalue weighted by Crippen LogP contribution is 2.37. The number of hydrogen-bond acceptors (Lipinski definition) is 7. The lowest BCUT2D eigenvalue weighted by Gasteiger charge is -2.20. The Bertz CT molecular complexity index is 584. The van der Waals surface area contributed by atoms with Gasteiger partial charge in [0.15, 0.2) is 0 Å². The minimum atomic E-state index is -3.60. The summed E-state index contributed by atoms with van der Waals surface area (Å²) in [4.78, 5) is 0.464. The zero-order chi connectivity index (χ0) is 12.6. The van der Waals surface area contributed by atoms with Crippen LogP contribution in [-0.2, 0) is 10.1 Å². The largest absolute Gasteiger partial charge is 0.478 e. The Morgan fingerprint density at radius 3 is 2.82 bits per heavy atom. The van der Waals surface area contributed by atoms with E-state index in [0.29, 0.717) is 15.6 Å². The zero-order valence-corrected chi connectivity index (χ0v) is 10.2. The molecule has 1 aromatic carbocycles. The third-order valence-electron chi connectivity index (χ3n) is 1.82. The number of hydrogen-bond donors (Lipinski definition) is 2. The van der Waals surface area contributed by atoms with E-state index in [1.165, 1.54) is 18.2 Å². The molecule has 0 saturated heterocycles. The molecule has 0 unspecified atom stereocenters. The molecular weight excluding hydrogens is 268 g/mol. The van der Waals surface area contributed by atoms with Crippen LogP contribution in [0.15, 0.2) is 27.5 Å². The summed E-state index contributed by atoms with van der Waals surface area (Å²) in [5.74, 6) is 0.115. The number of rotatable bonds is 2. The van der Waals surface area contributed by atoms with Gasteiger partial charge in [0.2, 0.25) is 0 Å². The minimum absolute atomic E-state index is 0.115. The van der Waals surface area contributed by atoms with Crippen molar-refractivity contribution in [3.63, 3.8) is 0 Å². The number of amidine groups is 1. The Morgan fingerprint density at radius 1 is 1.47 bits per heavy atom. The molecule has 2 rings (SSSR count). The van der Waals surface area contributed by atoms with Crippen LogP contribution in [0.2, 0.25) is 0 Å². The van der Waals surface area contributed by atoms with Gasteiger partial charge in [-0.1, -0.05) is 0 Å². The SMILES string of the molecule is CS(=O)(=O)Oc1ccc2c(c1)SN=C(O)N2O. The first-order valence-corrected chi connectivity index (χ1v) is 6.92. The van der Waals surface area contributed by atoms with Gasteiger partial charge in [-0.25, -0.2) is 0 Å². The molecule has 2 N–H and O–H groups in total. The predicted molar refractivity (Wildman–Crippen MR) is 62.1 cm³/mol. The van der Waals surface area contributed by atoms with Gasteiger partial charge in [0.1, 0.15) is 5.75 Å². The number of aliphatic hydroxyl groups is 1. The monoisotopic (exact) mass is 276 g/mol. The van der Waals surface area contributed by atoms with E-state index in [1.54, 1.807) is 0 Å². The quantitative estimate of drug-likeness (QED) is 0.617. The Labute approximate surface area is 102 Å². The second kappa shape index (κ2) is 4.09. The fraction of sp³-hybridized carbons (Fsp3) is 0.125. The number of hydroxylamine groups is 1. The molecular formula is C8H8N2O5S2. The van der Waals surface area contributed by atoms with Crippen LogP contribution >= 0.6 is 11.9 Å². The van der Waals surface area contributed by atoms with Crippen LogP contribution in [0.25, 0.3) is 0 Å². The number of fused-ring (bicyclic) bond motifs is 1. The van der Waals surface area contributed by atoms with E-state index < -0.39 is 16.1 Å². The van der Waals surface area contributed by atoms with Gasteiger partial charge in [-0.05, 0) is 18.2 Å². The number of anilines is 1. The second-order valence-electron chi connectivity index (χ2n) is 3.21. The highest BCUT2D eigenvalue weighted by molar-refractivity contribution is 7.98. The van der Waals surface area contributed by atoms with Crippen molar-refractivity contribution in [2.75, 3.05) is 11.3 Å². The van der Waals surface area contributed by atoms with Gasteiger partial charge in [-0.3, -0.25) is 5.21 Å². The molecule has 1 aromatic rings. The van der Waals surface area contributed by atoms with Crippen molar-refractivity contribution in [1.29, 1.82) is 0 Å². The maximum Gasteiger partial charge on any atom is 0.326 e. The first-order chi connectivity index (χ1) is 7.87. The van der Waals surface area contributed by atoms with Crippen molar-refractivity contribution in [3.05, 3.63) is 18.2 Å². The molecule has 0 radical (unpaired) electrons. The van der Waals surface area contributed by atoms with Crippen LogP contribution < -0.4 is 9.25 Å². The molecule has 1 heterocycles. The van der Waals surface area contributed by atoms with E-state index in [1.807, 2.05) is 0 Å². The molecule has 0 saturated carbocycles. The summed E-state index contributed by atoms with van der Waals surface area (Å²) in [6.07, 6.45) is 0.932. The third-order valence-corrected chi connectivity index (χ3v) is 3.10. The highest BCUT2D eigenvalue weighted by atomic mass is 32.2. The van der Waals surface area contributed by atoms with E-state index >= 15 is 0 Å². The van der Waals surface area contributed by atoms with E-state index in [9.17, 15) is 13.6 Å². The summed E-state index contributed by atoms with van der Waals surface area (Å²) >= 11 is 0.902. The maximum atomic E-state index is 10.9. The molecule has 1 aliphatic heterocycles. The summed E-state index contributed by atoms with van der Waals surface area (Å²) < 4.78 is 30.1. The second-order valence-corrected chi connectivity index (χ2v) is 5.59. The molecule has 9 heteroatoms. The predicted octanol–water partition coefficient (Wildman–Crippen LogP) is 1.16. The van der Waals surface area contributed by atoms with E-state index in [2.05, 4.69) is 8.58 Å². The average molecular weight is 276 g/mol. The Morgan fingerprint density at radius 2 is 2.18 bits per heavy atom. The summed E-state index contributed by atoms with van der Waals surface area (Å²) in [5.41, 5.74) is 0.295. The van der Waals surface area contributed by atoms with Crippen LogP contribution in [0.4, 0.5) is 5.69 Å². The highest BCUT2D eigenvalue weighted by Gasteiger charge is 2.21. The molecule has 0 aromatic heterocycles. The van der Waals surface area contributed by atoms with Crippen LogP contribution in [0, 0.1) is 0 Å². The summed E-state index contributed by atoms with van der Waals surface area (Å²) in [6, 6.07) is 3.63. The Hall–Kier alpha value is -1.45. The van der Waals surface area contributed by atoms with Crippen molar-refractivity contribution in [2.24, 2.45) is 4.40 Å². The van der Waals surface area contributed by atoms with Crippen LogP contribution in [-0.4, -0.2) is 31.0 Å². The van der Waals surface area contributed by atoms with Crippen molar-refractivity contribution in [1.82, 2.24) is 0 Å². The molecule has 0 spiro atoms. The zero-order valence-electron chi connectivity index (χ0n) is 8.56. The first kappa shape index (κ1) is 12.0. The lowest BCUT2D eigenvalue weighted by molar-refractivity contribution is 0.281. The average Bonchev–Trinajstić information content (AvgIpc) is 2.21. The standard InChI is InChI=1S/C8H8N2O5S2/c1-17(13,14)15-5-2-3-6-7(4-5)16-9-8(11)10(6)12/h2-4,12H,1H3,(H,9,11). The van der Waals surface area contributed by atoms with Crippen molar-refractivity contribution in [2.45, 2.75) is 4.90 Å². The van der Waals surface area contributed by atoms with Gasteiger partial charge in [0.05, 0.1) is 16.8 Å². The van der Waals surface area contributed by atoms with Crippen LogP contribution in [0.3, 0.4) is 0 Å². The normalized spacial score (nSPS) is 15.2. The van der Waals surface area contributed by atoms with Gasteiger partial charge >= 0.3 is 16.1 Å². The maximum absolute atomic E-state index is 10.9. The molecule has 17 heavy (non-hydrogen) atoms. The van der Waals surface area contributed by atoms with Gasteiger partial charge in [-0.2, -0.15) is 17.9 Å². The number of benzene rings is 1. The van der Waals surface area contributed by atoms with Crippen LogP contribution in [0.5, 0.6) is 5.75 Å². The minimum Gasteiger partial charge on any atom is -0.478 e. The first-order valence-electron chi connectivity index (χ1n) is 4.33. The van der Waals surface area contributed by atoms with Gasteiger partial charge in [0.25, 0.3) is 0 Å². The summed E-state index contributed by atoms with van der Waals surface area (Å²) in [7, 11) is -3.60. The molecule has 0 atom stereocenters. The van der Waals surface area contributed by atoms with Crippen LogP contribution in [0.1, 0.15) is 0 Å². The molecule has 1 aliphatic rings. The van der Waals surface area contributed by atoms with E-state index in [-0.39, 0.29) is 5.75 Å². The third kappa shape index (κ3) is 2.62. The van der Waals surface area contributed by atoms with E-state index in [4.69, 9.17) is 5.11 Å². The topological polar surface area (TPSA) is 99.4 Å². The lowest BCUT2D eigenvalue weighted by Crippen LogP contribution is -2.28. The van der Waals surface area contributed by atoms with E-state index in [0.717, 1.165) is 18.2 Å². The van der Waals surface area contributed by atoms with Crippen molar-refractivity contribution < 1.29 is 22.9 Å². The van der Waals surface area contributed by atoms with Gasteiger partial charge in [0, 0.05) is 11.9 Å². The smallest absolute Gasteiger partial charge is 0.326 e. The summed E-state index contributed by atoms with van der Waals surface area (Å²) in [5, 5.41) is 19.1. The Balaban J connectivity index is 2.36. The molecule has 0 bridgehead atoms. The number of nitrogens with zero attached hydrogens (tertiary/aromatic N) is 2. The Kier molecular flexibility index (Phi) is 2.89. The molecule has 7 nitrogen and oxygen atoms in total.